The van der Waals surface area contributed by atoms with Crippen LogP contribution in [0.15, 0.2) is 49.1 Å². The number of methoxy groups -OCH3 is 1. The summed E-state index contributed by atoms with van der Waals surface area (Å²) in [6.45, 7) is 1.87. The van der Waals surface area contributed by atoms with E-state index in [2.05, 4.69) is 36.5 Å². The maximum absolute atomic E-state index is 6.03. The number of nitrogens with zero attached hydrogens (tertiary/aromatic N) is 4. The maximum atomic E-state index is 6.03. The topological polar surface area (TPSA) is 97.8 Å². The van der Waals surface area contributed by atoms with Gasteiger partial charge < -0.3 is 14.8 Å². The molecule has 1 fully saturated rings. The summed E-state index contributed by atoms with van der Waals surface area (Å²) in [6, 6.07) is 8.06. The van der Waals surface area contributed by atoms with Crippen molar-refractivity contribution in [3.8, 4) is 34.1 Å². The first kappa shape index (κ1) is 18.5. The summed E-state index contributed by atoms with van der Waals surface area (Å²) in [6.07, 6.45) is 9.10. The van der Waals surface area contributed by atoms with Gasteiger partial charge in [0.25, 0.3) is 0 Å². The fourth-order valence-corrected chi connectivity index (χ4v) is 3.69. The highest BCUT2D eigenvalue weighted by molar-refractivity contribution is 5.94. The highest BCUT2D eigenvalue weighted by Crippen LogP contribution is 2.31. The summed E-state index contributed by atoms with van der Waals surface area (Å²) >= 11 is 0. The lowest BCUT2D eigenvalue weighted by Crippen LogP contribution is -2.37. The monoisotopic (exact) mass is 402 g/mol. The van der Waals surface area contributed by atoms with E-state index in [1.807, 2.05) is 24.4 Å². The molecule has 1 atom stereocenters. The van der Waals surface area contributed by atoms with Gasteiger partial charge in [-0.15, -0.1) is 0 Å². The van der Waals surface area contributed by atoms with Crippen molar-refractivity contribution in [1.82, 2.24) is 30.5 Å². The van der Waals surface area contributed by atoms with Crippen molar-refractivity contribution in [3.63, 3.8) is 0 Å². The fraction of sp³-hybridized carbons (Fsp3) is 0.273. The predicted molar refractivity (Wildman–Crippen MR) is 113 cm³/mol. The van der Waals surface area contributed by atoms with Gasteiger partial charge in [-0.3, -0.25) is 15.1 Å². The Morgan fingerprint density at radius 3 is 2.83 bits per heavy atom. The van der Waals surface area contributed by atoms with E-state index in [1.165, 1.54) is 0 Å². The molecule has 0 unspecified atom stereocenters. The molecule has 4 aromatic rings. The van der Waals surface area contributed by atoms with Gasteiger partial charge in [-0.2, -0.15) is 5.10 Å². The van der Waals surface area contributed by atoms with E-state index >= 15 is 0 Å². The average molecular weight is 402 g/mol. The average Bonchev–Trinajstić information content (AvgIpc) is 3.23. The highest BCUT2D eigenvalue weighted by atomic mass is 16.5. The van der Waals surface area contributed by atoms with Crippen LogP contribution in [0.5, 0.6) is 11.6 Å². The van der Waals surface area contributed by atoms with Gasteiger partial charge in [0.05, 0.1) is 31.2 Å². The number of rotatable bonds is 5. The molecule has 3 aromatic heterocycles. The summed E-state index contributed by atoms with van der Waals surface area (Å²) in [5, 5.41) is 11.9. The second-order valence-electron chi connectivity index (χ2n) is 7.27. The Balaban J connectivity index is 1.49. The Morgan fingerprint density at radius 1 is 1.03 bits per heavy atom. The number of hydrogen-bond donors (Lipinski definition) is 2. The van der Waals surface area contributed by atoms with E-state index in [9.17, 15) is 0 Å². The Labute approximate surface area is 173 Å². The van der Waals surface area contributed by atoms with Gasteiger partial charge in [0.2, 0.25) is 5.88 Å². The molecular formula is C22H22N6O2. The van der Waals surface area contributed by atoms with Crippen LogP contribution in [0.2, 0.25) is 0 Å². The van der Waals surface area contributed by atoms with Gasteiger partial charge in [-0.05, 0) is 43.1 Å². The van der Waals surface area contributed by atoms with E-state index in [0.717, 1.165) is 53.7 Å². The van der Waals surface area contributed by atoms with Gasteiger partial charge in [0.1, 0.15) is 23.2 Å². The minimum absolute atomic E-state index is 0.117. The normalized spacial score (nSPS) is 16.5. The van der Waals surface area contributed by atoms with Crippen LogP contribution in [0, 0.1) is 0 Å². The lowest BCUT2D eigenvalue weighted by atomic mass is 10.0. The third-order valence-electron chi connectivity index (χ3n) is 5.24. The largest absolute Gasteiger partial charge is 0.495 e. The van der Waals surface area contributed by atoms with Crippen LogP contribution >= 0.6 is 0 Å². The smallest absolute Gasteiger partial charge is 0.233 e. The van der Waals surface area contributed by atoms with Crippen LogP contribution in [0.1, 0.15) is 12.8 Å². The van der Waals surface area contributed by atoms with Gasteiger partial charge >= 0.3 is 0 Å². The van der Waals surface area contributed by atoms with E-state index in [1.54, 1.807) is 25.7 Å². The summed E-state index contributed by atoms with van der Waals surface area (Å²) < 4.78 is 11.3. The molecule has 2 N–H and O–H groups in total. The third kappa shape index (κ3) is 3.69. The first-order valence-electron chi connectivity index (χ1n) is 9.97. The molecule has 152 valence electrons. The van der Waals surface area contributed by atoms with Gasteiger partial charge in [-0.25, -0.2) is 4.98 Å². The quantitative estimate of drug-likeness (QED) is 0.529. The van der Waals surface area contributed by atoms with Crippen molar-refractivity contribution in [2.45, 2.75) is 18.9 Å². The fourth-order valence-electron chi connectivity index (χ4n) is 3.69. The molecule has 0 spiro atoms. The summed E-state index contributed by atoms with van der Waals surface area (Å²) in [5.74, 6) is 1.23. The van der Waals surface area contributed by atoms with Gasteiger partial charge in [0, 0.05) is 23.7 Å². The van der Waals surface area contributed by atoms with Crippen LogP contribution in [-0.2, 0) is 0 Å². The summed E-state index contributed by atoms with van der Waals surface area (Å²) in [4.78, 5) is 13.2. The molecule has 0 aliphatic carbocycles. The number of benzene rings is 1. The number of aromatic nitrogens is 5. The molecule has 4 heterocycles. The molecular weight excluding hydrogens is 380 g/mol. The second kappa shape index (κ2) is 8.08. The van der Waals surface area contributed by atoms with Crippen LogP contribution in [-0.4, -0.2) is 51.5 Å². The summed E-state index contributed by atoms with van der Waals surface area (Å²) in [5.41, 5.74) is 4.32. The van der Waals surface area contributed by atoms with E-state index < -0.39 is 0 Å². The Hall–Kier alpha value is -3.52. The van der Waals surface area contributed by atoms with Gasteiger partial charge in [0.15, 0.2) is 0 Å². The van der Waals surface area contributed by atoms with Crippen molar-refractivity contribution >= 4 is 10.9 Å². The molecule has 0 radical (unpaired) electrons. The number of aromatic amines is 1. The van der Waals surface area contributed by atoms with Crippen molar-refractivity contribution in [1.29, 1.82) is 0 Å². The predicted octanol–water partition coefficient (Wildman–Crippen LogP) is 3.22. The van der Waals surface area contributed by atoms with Crippen molar-refractivity contribution in [2.75, 3.05) is 20.2 Å². The van der Waals surface area contributed by atoms with Crippen LogP contribution < -0.4 is 14.8 Å². The standard InChI is InChI=1S/C22H22N6O2/c1-29-17-7-15(9-24-11-17)14-4-5-19-18(8-14)22(28-27-19)20-12-25-13-21(26-20)30-16-3-2-6-23-10-16/h4-5,7-9,11-13,16,23H,2-3,6,10H2,1H3,(H,27,28)/t16-/m1/s1. The molecule has 1 aliphatic rings. The molecule has 1 aliphatic heterocycles. The number of nitrogens with one attached hydrogen (secondary N) is 2. The van der Waals surface area contributed by atoms with E-state index in [0.29, 0.717) is 17.3 Å². The highest BCUT2D eigenvalue weighted by Gasteiger charge is 2.17. The third-order valence-corrected chi connectivity index (χ3v) is 5.24. The zero-order chi connectivity index (χ0) is 20.3. The number of pyridine rings is 1. The lowest BCUT2D eigenvalue weighted by molar-refractivity contribution is 0.160. The Kier molecular flexibility index (Phi) is 4.98. The molecule has 5 rings (SSSR count). The van der Waals surface area contributed by atoms with E-state index in [4.69, 9.17) is 9.47 Å². The van der Waals surface area contributed by atoms with Crippen molar-refractivity contribution < 1.29 is 9.47 Å². The van der Waals surface area contributed by atoms with Crippen molar-refractivity contribution in [3.05, 3.63) is 49.1 Å². The molecule has 0 amide bonds. The zero-order valence-electron chi connectivity index (χ0n) is 16.6. The lowest BCUT2D eigenvalue weighted by Gasteiger charge is -2.23. The molecule has 8 heteroatoms. The number of piperidine rings is 1. The van der Waals surface area contributed by atoms with Crippen molar-refractivity contribution in [2.24, 2.45) is 0 Å². The SMILES string of the molecule is COc1cncc(-c2ccc3[nH]nc(-c4cncc(O[C@@H]5CCCNC5)n4)c3c2)c1. The maximum Gasteiger partial charge on any atom is 0.233 e. The Bertz CT molecular complexity index is 1170. The minimum atomic E-state index is 0.117. The zero-order valence-corrected chi connectivity index (χ0v) is 16.6. The first-order valence-corrected chi connectivity index (χ1v) is 9.97. The molecule has 0 bridgehead atoms. The van der Waals surface area contributed by atoms with Gasteiger partial charge in [-0.1, -0.05) is 6.07 Å². The second-order valence-corrected chi connectivity index (χ2v) is 7.27. The number of fused-ring (bicyclic) bond motifs is 1. The number of hydrogen-bond acceptors (Lipinski definition) is 7. The molecule has 30 heavy (non-hydrogen) atoms. The van der Waals surface area contributed by atoms with E-state index in [-0.39, 0.29) is 6.10 Å². The minimum Gasteiger partial charge on any atom is -0.495 e. The molecule has 1 saturated heterocycles. The molecule has 1 aromatic carbocycles. The molecule has 0 saturated carbocycles. The van der Waals surface area contributed by atoms with Crippen LogP contribution in [0.4, 0.5) is 0 Å². The Morgan fingerprint density at radius 2 is 1.97 bits per heavy atom. The molecule has 8 nitrogen and oxygen atoms in total. The first-order chi connectivity index (χ1) is 14.8. The van der Waals surface area contributed by atoms with Crippen LogP contribution in [0.25, 0.3) is 33.4 Å². The number of ether oxygens (including phenoxy) is 2. The summed E-state index contributed by atoms with van der Waals surface area (Å²) in [7, 11) is 1.63. The number of H-pyrrole nitrogens is 1. The van der Waals surface area contributed by atoms with Crippen LogP contribution in [0.3, 0.4) is 0 Å².